The van der Waals surface area contributed by atoms with E-state index in [1.165, 1.54) is 21.0 Å². The summed E-state index contributed by atoms with van der Waals surface area (Å²) in [5.74, 6) is -1.52. The Kier molecular flexibility index (Phi) is 12.5. The Labute approximate surface area is 339 Å². The van der Waals surface area contributed by atoms with E-state index in [1.807, 2.05) is 13.8 Å². The number of aliphatic hydroxyl groups excluding tert-OH is 3. The van der Waals surface area contributed by atoms with Gasteiger partial charge in [0.15, 0.2) is 24.7 Å². The molecule has 21 atom stereocenters. The van der Waals surface area contributed by atoms with Gasteiger partial charge in [-0.3, -0.25) is 4.79 Å². The third-order valence-electron chi connectivity index (χ3n) is 15.5. The minimum Gasteiger partial charge on any atom is -0.392 e. The number of fused-ring (bicyclic) bond motifs is 5. The number of aliphatic hydroxyl groups is 7. The Balaban J connectivity index is 0.970. The van der Waals surface area contributed by atoms with E-state index in [2.05, 4.69) is 0 Å². The Hall–Kier alpha value is -1.23. The minimum absolute atomic E-state index is 0.0247. The highest BCUT2D eigenvalue weighted by molar-refractivity contribution is 5.87. The van der Waals surface area contributed by atoms with Gasteiger partial charge in [-0.25, -0.2) is 0 Å². The molecule has 332 valence electrons. The topological polar surface area (TPSA) is 242 Å². The summed E-state index contributed by atoms with van der Waals surface area (Å²) in [7, 11) is 4.56. The molecule has 6 fully saturated rings. The largest absolute Gasteiger partial charge is 0.392 e. The molecule has 3 saturated carbocycles. The van der Waals surface area contributed by atoms with Gasteiger partial charge in [0.1, 0.15) is 47.3 Å². The van der Waals surface area contributed by atoms with Crippen LogP contribution in [-0.2, 0) is 47.4 Å². The molecule has 3 aliphatic heterocycles. The molecule has 0 spiro atoms. The number of rotatable bonds is 10. The van der Waals surface area contributed by atoms with E-state index in [9.17, 15) is 40.5 Å². The lowest BCUT2D eigenvalue weighted by Crippen LogP contribution is -2.79. The Morgan fingerprint density at radius 3 is 1.93 bits per heavy atom. The number of carbonyl (C=O) groups is 1. The van der Waals surface area contributed by atoms with E-state index in [0.717, 1.165) is 0 Å². The molecule has 17 nitrogen and oxygen atoms in total. The van der Waals surface area contributed by atoms with Crippen LogP contribution in [0.1, 0.15) is 92.4 Å². The molecule has 7 aliphatic rings. The van der Waals surface area contributed by atoms with Crippen LogP contribution in [0.3, 0.4) is 0 Å². The number of ketones is 1. The van der Waals surface area contributed by atoms with Crippen LogP contribution in [0.25, 0.3) is 0 Å². The maximum atomic E-state index is 12.7. The first-order valence-electron chi connectivity index (χ1n) is 20.9. The monoisotopic (exact) mass is 830 g/mol. The lowest BCUT2D eigenvalue weighted by atomic mass is 9.44. The average Bonchev–Trinajstić information content (AvgIpc) is 3.41. The predicted molar refractivity (Wildman–Crippen MR) is 200 cm³/mol. The van der Waals surface area contributed by atoms with Gasteiger partial charge >= 0.3 is 0 Å². The van der Waals surface area contributed by atoms with Gasteiger partial charge in [0.05, 0.1) is 53.7 Å². The van der Waals surface area contributed by atoms with Gasteiger partial charge in [0.25, 0.3) is 0 Å². The molecule has 0 aromatic carbocycles. The Bertz CT molecular complexity index is 1530. The van der Waals surface area contributed by atoms with Crippen molar-refractivity contribution in [1.29, 1.82) is 0 Å². The Morgan fingerprint density at radius 2 is 1.34 bits per heavy atom. The first kappa shape index (κ1) is 44.8. The van der Waals surface area contributed by atoms with Crippen LogP contribution in [-0.4, -0.2) is 177 Å². The van der Waals surface area contributed by atoms with E-state index >= 15 is 0 Å². The summed E-state index contributed by atoms with van der Waals surface area (Å²) in [6.45, 7) is 8.07. The zero-order chi connectivity index (χ0) is 42.3. The van der Waals surface area contributed by atoms with Crippen LogP contribution in [0.15, 0.2) is 11.6 Å². The molecular formula is C41H66O17. The summed E-state index contributed by atoms with van der Waals surface area (Å²) in [6.07, 6.45) is -8.12. The van der Waals surface area contributed by atoms with Crippen molar-refractivity contribution in [2.45, 2.75) is 207 Å². The lowest BCUT2D eigenvalue weighted by Gasteiger charge is -2.66. The van der Waals surface area contributed by atoms with Crippen molar-refractivity contribution in [2.24, 2.45) is 11.3 Å². The highest BCUT2D eigenvalue weighted by Crippen LogP contribution is 2.68. The molecule has 7 rings (SSSR count). The molecule has 0 radical (unpaired) electrons. The van der Waals surface area contributed by atoms with E-state index in [4.69, 9.17) is 42.6 Å². The predicted octanol–water partition coefficient (Wildman–Crippen LogP) is 0.132. The van der Waals surface area contributed by atoms with Gasteiger partial charge in [-0.05, 0) is 78.2 Å². The number of hydrogen-bond acceptors (Lipinski definition) is 17. The third-order valence-corrected chi connectivity index (χ3v) is 15.5. The number of carbonyl (C=O) groups excluding carboxylic acids is 1. The molecule has 4 aliphatic carbocycles. The highest BCUT2D eigenvalue weighted by atomic mass is 16.8. The molecule has 1 unspecified atom stereocenters. The minimum atomic E-state index is -2.03. The summed E-state index contributed by atoms with van der Waals surface area (Å²) in [6, 6.07) is 0. The highest BCUT2D eigenvalue weighted by Gasteiger charge is 2.81. The Morgan fingerprint density at radius 1 is 0.741 bits per heavy atom. The van der Waals surface area contributed by atoms with Gasteiger partial charge in [0.2, 0.25) is 0 Å². The normalized spacial score (nSPS) is 54.6. The van der Waals surface area contributed by atoms with E-state index in [0.29, 0.717) is 31.3 Å². The van der Waals surface area contributed by atoms with Crippen molar-refractivity contribution >= 4 is 5.78 Å². The van der Waals surface area contributed by atoms with Crippen LogP contribution >= 0.6 is 0 Å². The van der Waals surface area contributed by atoms with Gasteiger partial charge in [-0.2, -0.15) is 0 Å². The van der Waals surface area contributed by atoms with E-state index in [-0.39, 0.29) is 38.2 Å². The SMILES string of the molecule is CO[C@@H]1[C@@H](O)[C@H](O[C@H]2[C@@H](OC)C[C@H](O[C@H]3[C@@H](OC)C[C@H](O[C@H]4CC[C@@]5(O)C(=CC[C@]6(O)C5C[C@@H](O)[C@@]5(C)[C@]6(O)CC[C@@]5(O)C(C)=O)C4)O[C@@H]3C)O[C@@H]2C)O[C@H](C)[C@H]1O. The van der Waals surface area contributed by atoms with Crippen molar-refractivity contribution in [2.75, 3.05) is 21.3 Å². The van der Waals surface area contributed by atoms with Crippen LogP contribution in [0, 0.1) is 11.3 Å². The van der Waals surface area contributed by atoms with Crippen LogP contribution in [0.2, 0.25) is 0 Å². The molecule has 0 aromatic rings. The van der Waals surface area contributed by atoms with E-state index in [1.54, 1.807) is 27.2 Å². The lowest BCUT2D eigenvalue weighted by molar-refractivity contribution is -0.352. The maximum Gasteiger partial charge on any atom is 0.187 e. The van der Waals surface area contributed by atoms with Gasteiger partial charge in [0, 0.05) is 40.1 Å². The first-order valence-corrected chi connectivity index (χ1v) is 20.9. The first-order chi connectivity index (χ1) is 27.2. The average molecular weight is 831 g/mol. The van der Waals surface area contributed by atoms with Crippen molar-refractivity contribution in [3.8, 4) is 0 Å². The van der Waals surface area contributed by atoms with Crippen LogP contribution in [0.4, 0.5) is 0 Å². The summed E-state index contributed by atoms with van der Waals surface area (Å²) in [5, 5.41) is 81.1. The van der Waals surface area contributed by atoms with Crippen molar-refractivity contribution in [3.05, 3.63) is 11.6 Å². The molecule has 0 amide bonds. The standard InChI is InChI=1S/C41H66O17/c1-19-31(44)35(52-8)32(45)36(55-19)58-34-21(3)54-30(17-26(34)51-7)57-33-20(2)53-29(16-25(33)50-6)56-24-10-11-38(46)23(15-24)9-12-40(48)27(38)18-28(43)37(5)39(47,22(4)42)13-14-41(37,40)49/h9,19-21,24-36,43-49H,10-18H2,1-8H3/t19-,20-,21-,24+,25+,26+,27?,28-,29+,30+,31-,32-,33-,34-,35+,36+,37-,38-,39-,40+,41-/m1/s1. The molecule has 0 aromatic heterocycles. The molecule has 7 N–H and O–H groups in total. The maximum absolute atomic E-state index is 12.7. The molecule has 17 heteroatoms. The van der Waals surface area contributed by atoms with Gasteiger partial charge < -0.3 is 78.4 Å². The molecule has 3 saturated heterocycles. The van der Waals surface area contributed by atoms with Crippen molar-refractivity contribution in [3.63, 3.8) is 0 Å². The molecular weight excluding hydrogens is 764 g/mol. The van der Waals surface area contributed by atoms with Crippen molar-refractivity contribution < 1.29 is 83.2 Å². The number of methoxy groups -OCH3 is 3. The molecule has 58 heavy (non-hydrogen) atoms. The second-order valence-corrected chi connectivity index (χ2v) is 18.2. The van der Waals surface area contributed by atoms with Gasteiger partial charge in [-0.1, -0.05) is 13.0 Å². The number of Topliss-reactive ketones (excluding diaryl/α,β-unsaturated/α-hetero) is 1. The van der Waals surface area contributed by atoms with E-state index < -0.39 is 126 Å². The van der Waals surface area contributed by atoms with Gasteiger partial charge in [-0.15, -0.1) is 0 Å². The zero-order valence-corrected chi connectivity index (χ0v) is 34.9. The second kappa shape index (κ2) is 16.2. The second-order valence-electron chi connectivity index (χ2n) is 18.2. The molecule has 3 heterocycles. The fourth-order valence-corrected chi connectivity index (χ4v) is 11.9. The smallest absolute Gasteiger partial charge is 0.187 e. The quantitative estimate of drug-likeness (QED) is 0.145. The third kappa shape index (κ3) is 6.78. The summed E-state index contributed by atoms with van der Waals surface area (Å²) in [5.41, 5.74) is -8.57. The van der Waals surface area contributed by atoms with Crippen LogP contribution < -0.4 is 0 Å². The van der Waals surface area contributed by atoms with Crippen LogP contribution in [0.5, 0.6) is 0 Å². The number of hydrogen-bond donors (Lipinski definition) is 7. The van der Waals surface area contributed by atoms with Crippen molar-refractivity contribution in [1.82, 2.24) is 0 Å². The summed E-state index contributed by atoms with van der Waals surface area (Å²) in [4.78, 5) is 12.7. The fourth-order valence-electron chi connectivity index (χ4n) is 11.9. The fraction of sp³-hybridized carbons (Fsp3) is 0.927. The summed E-state index contributed by atoms with van der Waals surface area (Å²) >= 11 is 0. The number of ether oxygens (including phenoxy) is 9. The summed E-state index contributed by atoms with van der Waals surface area (Å²) < 4.78 is 54.7. The zero-order valence-electron chi connectivity index (χ0n) is 34.9. The molecule has 0 bridgehead atoms.